The Morgan fingerprint density at radius 3 is 2.50 bits per heavy atom. The van der Waals surface area contributed by atoms with E-state index in [4.69, 9.17) is 4.74 Å². The Morgan fingerprint density at radius 2 is 1.88 bits per heavy atom. The lowest BCUT2D eigenvalue weighted by Crippen LogP contribution is -2.38. The molecule has 3 rings (SSSR count). The van der Waals surface area contributed by atoms with Crippen LogP contribution < -0.4 is 4.72 Å². The summed E-state index contributed by atoms with van der Waals surface area (Å²) in [6.45, 7) is 9.34. The highest BCUT2D eigenvalue weighted by atomic mass is 32.2. The van der Waals surface area contributed by atoms with Gasteiger partial charge < -0.3 is 4.74 Å². The molecule has 0 amide bonds. The molecule has 2 aromatic carbocycles. The summed E-state index contributed by atoms with van der Waals surface area (Å²) >= 11 is 0. The second kappa shape index (κ2) is 8.03. The molecule has 26 heavy (non-hydrogen) atoms. The minimum absolute atomic E-state index is 0.0285. The third kappa shape index (κ3) is 4.33. The number of morpholine rings is 1. The molecule has 0 spiro atoms. The van der Waals surface area contributed by atoms with Crippen molar-refractivity contribution in [2.45, 2.75) is 17.9 Å². The van der Waals surface area contributed by atoms with Gasteiger partial charge in [0, 0.05) is 18.8 Å². The molecule has 0 aliphatic carbocycles. The number of likely N-dealkylation sites (N-methyl/N-ethyl adjacent to an activating group) is 1. The Hall–Kier alpha value is -2.15. The van der Waals surface area contributed by atoms with Gasteiger partial charge >= 0.3 is 0 Å². The first-order chi connectivity index (χ1) is 12.5. The van der Waals surface area contributed by atoms with Crippen molar-refractivity contribution in [2.75, 3.05) is 31.0 Å². The molecule has 1 saturated heterocycles. The summed E-state index contributed by atoms with van der Waals surface area (Å²) < 4.78 is 33.5. The van der Waals surface area contributed by atoms with E-state index < -0.39 is 10.0 Å². The van der Waals surface area contributed by atoms with Gasteiger partial charge in [0.15, 0.2) is 0 Å². The molecule has 1 N–H and O–H groups in total. The molecule has 1 aliphatic heterocycles. The molecule has 5 nitrogen and oxygen atoms in total. The van der Waals surface area contributed by atoms with E-state index in [1.54, 1.807) is 42.5 Å². The fourth-order valence-electron chi connectivity index (χ4n) is 2.95. The van der Waals surface area contributed by atoms with Crippen molar-refractivity contribution < 1.29 is 13.2 Å². The first-order valence-electron chi connectivity index (χ1n) is 8.71. The first kappa shape index (κ1) is 18.6. The highest BCUT2D eigenvalue weighted by Crippen LogP contribution is 2.24. The van der Waals surface area contributed by atoms with E-state index in [-0.39, 0.29) is 11.0 Å². The summed E-state index contributed by atoms with van der Waals surface area (Å²) in [4.78, 5) is 2.57. The lowest BCUT2D eigenvalue weighted by atomic mass is 10.1. The quantitative estimate of drug-likeness (QED) is 0.843. The van der Waals surface area contributed by atoms with E-state index >= 15 is 0 Å². The van der Waals surface area contributed by atoms with E-state index in [2.05, 4.69) is 23.1 Å². The Bertz CT molecular complexity index is 846. The Balaban J connectivity index is 1.71. The van der Waals surface area contributed by atoms with Crippen LogP contribution in [0.4, 0.5) is 5.69 Å². The molecule has 1 unspecified atom stereocenters. The number of hydrogen-bond acceptors (Lipinski definition) is 4. The molecule has 0 aromatic heterocycles. The number of rotatable bonds is 6. The monoisotopic (exact) mass is 372 g/mol. The number of benzene rings is 2. The lowest BCUT2D eigenvalue weighted by molar-refractivity contribution is -0.0281. The van der Waals surface area contributed by atoms with E-state index in [0.29, 0.717) is 12.3 Å². The highest BCUT2D eigenvalue weighted by Gasteiger charge is 2.21. The summed E-state index contributed by atoms with van der Waals surface area (Å²) in [6, 6.07) is 14.0. The summed E-state index contributed by atoms with van der Waals surface area (Å²) in [5.74, 6) is 0. The number of nitrogens with zero attached hydrogens (tertiary/aromatic N) is 1. The second-order valence-electron chi connectivity index (χ2n) is 6.25. The van der Waals surface area contributed by atoms with Gasteiger partial charge in [-0.15, -0.1) is 0 Å². The van der Waals surface area contributed by atoms with Crippen LogP contribution in [0.2, 0.25) is 0 Å². The minimum atomic E-state index is -3.61. The smallest absolute Gasteiger partial charge is 0.261 e. The van der Waals surface area contributed by atoms with Gasteiger partial charge in [-0.05, 0) is 41.9 Å². The average Bonchev–Trinajstić information content (AvgIpc) is 2.68. The zero-order valence-corrected chi connectivity index (χ0v) is 15.7. The molecular weight excluding hydrogens is 348 g/mol. The molecule has 0 bridgehead atoms. The summed E-state index contributed by atoms with van der Waals surface area (Å²) in [5.41, 5.74) is 2.47. The number of nitrogens with one attached hydrogen (secondary N) is 1. The van der Waals surface area contributed by atoms with Crippen molar-refractivity contribution in [1.82, 2.24) is 4.90 Å². The fraction of sp³-hybridized carbons (Fsp3) is 0.300. The largest absolute Gasteiger partial charge is 0.371 e. The third-order valence-electron chi connectivity index (χ3n) is 4.56. The first-order valence-corrected chi connectivity index (χ1v) is 10.2. The topological polar surface area (TPSA) is 58.6 Å². The van der Waals surface area contributed by atoms with Gasteiger partial charge in [-0.2, -0.15) is 0 Å². The van der Waals surface area contributed by atoms with Gasteiger partial charge in [-0.25, -0.2) is 8.42 Å². The van der Waals surface area contributed by atoms with Crippen molar-refractivity contribution in [3.05, 3.63) is 66.2 Å². The van der Waals surface area contributed by atoms with Crippen LogP contribution in [-0.4, -0.2) is 39.6 Å². The SMILES string of the molecule is C=Cc1ccc(S(=O)(=O)Nc2ccc(C3CN(CC)CCO3)cc2)cc1. The highest BCUT2D eigenvalue weighted by molar-refractivity contribution is 7.92. The van der Waals surface area contributed by atoms with E-state index in [0.717, 1.165) is 30.8 Å². The van der Waals surface area contributed by atoms with Crippen molar-refractivity contribution in [2.24, 2.45) is 0 Å². The Kier molecular flexibility index (Phi) is 5.76. The molecule has 1 atom stereocenters. The van der Waals surface area contributed by atoms with Gasteiger partial charge in [-0.1, -0.05) is 43.8 Å². The molecule has 1 heterocycles. The normalized spacial score (nSPS) is 18.4. The van der Waals surface area contributed by atoms with Crippen LogP contribution in [0.3, 0.4) is 0 Å². The van der Waals surface area contributed by atoms with Crippen molar-refractivity contribution in [3.63, 3.8) is 0 Å². The fourth-order valence-corrected chi connectivity index (χ4v) is 4.01. The number of sulfonamides is 1. The van der Waals surface area contributed by atoms with Crippen molar-refractivity contribution in [1.29, 1.82) is 0 Å². The van der Waals surface area contributed by atoms with Crippen LogP contribution >= 0.6 is 0 Å². The molecule has 6 heteroatoms. The molecule has 138 valence electrons. The van der Waals surface area contributed by atoms with Crippen molar-refractivity contribution in [3.8, 4) is 0 Å². The number of hydrogen-bond donors (Lipinski definition) is 1. The van der Waals surface area contributed by atoms with Gasteiger partial charge in [0.1, 0.15) is 0 Å². The van der Waals surface area contributed by atoms with E-state index in [1.807, 2.05) is 12.1 Å². The van der Waals surface area contributed by atoms with Crippen LogP contribution in [0.25, 0.3) is 6.08 Å². The maximum atomic E-state index is 12.5. The minimum Gasteiger partial charge on any atom is -0.371 e. The summed E-state index contributed by atoms with van der Waals surface area (Å²) in [6.07, 6.45) is 1.70. The van der Waals surface area contributed by atoms with Gasteiger partial charge in [0.05, 0.1) is 17.6 Å². The van der Waals surface area contributed by atoms with Crippen LogP contribution in [0.15, 0.2) is 60.0 Å². The molecule has 0 radical (unpaired) electrons. The Morgan fingerprint density at radius 1 is 1.19 bits per heavy atom. The number of ether oxygens (including phenoxy) is 1. The lowest BCUT2D eigenvalue weighted by Gasteiger charge is -2.32. The Labute approximate surface area is 155 Å². The zero-order chi connectivity index (χ0) is 18.6. The van der Waals surface area contributed by atoms with E-state index in [1.165, 1.54) is 0 Å². The molecule has 1 fully saturated rings. The predicted octanol–water partition coefficient (Wildman–Crippen LogP) is 3.52. The van der Waals surface area contributed by atoms with Crippen LogP contribution in [0.5, 0.6) is 0 Å². The maximum absolute atomic E-state index is 12.5. The third-order valence-corrected chi connectivity index (χ3v) is 5.96. The molecule has 2 aromatic rings. The van der Waals surface area contributed by atoms with Crippen LogP contribution in [-0.2, 0) is 14.8 Å². The zero-order valence-electron chi connectivity index (χ0n) is 14.9. The standard InChI is InChI=1S/C20H24N2O3S/c1-3-16-5-11-19(12-6-16)26(23,24)21-18-9-7-17(8-10-18)20-15-22(4-2)13-14-25-20/h3,5-12,20-21H,1,4,13-15H2,2H3. The summed E-state index contributed by atoms with van der Waals surface area (Å²) in [5, 5.41) is 0. The van der Waals surface area contributed by atoms with Crippen LogP contribution in [0, 0.1) is 0 Å². The predicted molar refractivity (Wildman–Crippen MR) is 105 cm³/mol. The average molecular weight is 372 g/mol. The van der Waals surface area contributed by atoms with Crippen molar-refractivity contribution >= 4 is 21.8 Å². The summed E-state index contributed by atoms with van der Waals surface area (Å²) in [7, 11) is -3.61. The number of anilines is 1. The maximum Gasteiger partial charge on any atom is 0.261 e. The second-order valence-corrected chi connectivity index (χ2v) is 7.94. The van der Waals surface area contributed by atoms with E-state index in [9.17, 15) is 8.42 Å². The molecule has 1 aliphatic rings. The van der Waals surface area contributed by atoms with Gasteiger partial charge in [0.2, 0.25) is 0 Å². The van der Waals surface area contributed by atoms with Gasteiger partial charge in [0.25, 0.3) is 10.0 Å². The molecule has 0 saturated carbocycles. The molecular formula is C20H24N2O3S. The van der Waals surface area contributed by atoms with Crippen LogP contribution in [0.1, 0.15) is 24.2 Å². The van der Waals surface area contributed by atoms with Gasteiger partial charge in [-0.3, -0.25) is 9.62 Å².